The Bertz CT molecular complexity index is 1060. The smallest absolute Gasteiger partial charge is 0.260 e. The standard InChI is InChI=1S/C24H26N4O3/c29-22(18-28-11-5-4-8-23(28)30)26-25-17-21-10-9-20(16-19-6-2-1-3-7-19)24(21)27-12-14-31-15-13-27/h1-8,11,16-17H,9-10,12-15,18H2,(H,26,29)/b20-16?,25-17-. The van der Waals surface area contributed by atoms with Gasteiger partial charge >= 0.3 is 0 Å². The van der Waals surface area contributed by atoms with Crippen LogP contribution >= 0.6 is 0 Å². The van der Waals surface area contributed by atoms with Crippen molar-refractivity contribution in [3.05, 3.63) is 87.5 Å². The Kier molecular flexibility index (Phi) is 6.74. The summed E-state index contributed by atoms with van der Waals surface area (Å²) in [5, 5.41) is 4.18. The molecule has 0 spiro atoms. The van der Waals surface area contributed by atoms with Crippen molar-refractivity contribution in [2.45, 2.75) is 19.4 Å². The van der Waals surface area contributed by atoms with Crippen LogP contribution in [0.15, 0.2) is 81.5 Å². The molecular weight excluding hydrogens is 392 g/mol. The SMILES string of the molecule is O=C(Cn1ccccc1=O)N/N=C\C1=C(N2CCOCC2)C(=Cc2ccccc2)CC1. The summed E-state index contributed by atoms with van der Waals surface area (Å²) in [6.45, 7) is 3.01. The highest BCUT2D eigenvalue weighted by molar-refractivity contribution is 5.85. The molecule has 2 aromatic rings. The summed E-state index contributed by atoms with van der Waals surface area (Å²) in [5.74, 6) is -0.337. The van der Waals surface area contributed by atoms with Crippen LogP contribution in [0.1, 0.15) is 18.4 Å². The van der Waals surface area contributed by atoms with Crippen LogP contribution in [0.25, 0.3) is 6.08 Å². The van der Waals surface area contributed by atoms with Gasteiger partial charge in [0.05, 0.1) is 19.4 Å². The molecular formula is C24H26N4O3. The quantitative estimate of drug-likeness (QED) is 0.577. The molecule has 1 fully saturated rings. The summed E-state index contributed by atoms with van der Waals surface area (Å²) < 4.78 is 6.87. The van der Waals surface area contributed by atoms with E-state index < -0.39 is 0 Å². The number of benzene rings is 1. The number of nitrogens with one attached hydrogen (secondary N) is 1. The molecule has 0 atom stereocenters. The van der Waals surface area contributed by atoms with Crippen molar-refractivity contribution in [3.8, 4) is 0 Å². The number of pyridine rings is 1. The Morgan fingerprint density at radius 3 is 2.61 bits per heavy atom. The van der Waals surface area contributed by atoms with Gasteiger partial charge in [-0.15, -0.1) is 0 Å². The first-order valence-electron chi connectivity index (χ1n) is 10.5. The van der Waals surface area contributed by atoms with Crippen molar-refractivity contribution in [1.82, 2.24) is 14.9 Å². The van der Waals surface area contributed by atoms with E-state index in [0.29, 0.717) is 13.2 Å². The second kappa shape index (κ2) is 10.0. The predicted octanol–water partition coefficient (Wildman–Crippen LogP) is 2.41. The number of morpholine rings is 1. The van der Waals surface area contributed by atoms with Gasteiger partial charge < -0.3 is 14.2 Å². The molecule has 0 unspecified atom stereocenters. The predicted molar refractivity (Wildman–Crippen MR) is 120 cm³/mol. The zero-order chi connectivity index (χ0) is 21.5. The van der Waals surface area contributed by atoms with Crippen molar-refractivity contribution < 1.29 is 9.53 Å². The van der Waals surface area contributed by atoms with Crippen LogP contribution in [0.2, 0.25) is 0 Å². The zero-order valence-electron chi connectivity index (χ0n) is 17.4. The molecule has 1 saturated heterocycles. The molecule has 1 aliphatic heterocycles. The van der Waals surface area contributed by atoms with Gasteiger partial charge in [-0.3, -0.25) is 9.59 Å². The van der Waals surface area contributed by atoms with E-state index in [-0.39, 0.29) is 18.0 Å². The molecule has 1 aromatic heterocycles. The number of hydrazone groups is 1. The summed E-state index contributed by atoms with van der Waals surface area (Å²) in [6.07, 6.45) is 7.34. The number of carbonyl (C=O) groups is 1. The maximum absolute atomic E-state index is 12.2. The van der Waals surface area contributed by atoms with Crippen molar-refractivity contribution in [2.75, 3.05) is 26.3 Å². The average molecular weight is 418 g/mol. The largest absolute Gasteiger partial charge is 0.378 e. The minimum Gasteiger partial charge on any atom is -0.378 e. The van der Waals surface area contributed by atoms with E-state index in [0.717, 1.165) is 31.5 Å². The summed E-state index contributed by atoms with van der Waals surface area (Å²) in [4.78, 5) is 26.3. The summed E-state index contributed by atoms with van der Waals surface area (Å²) in [6, 6.07) is 15.1. The lowest BCUT2D eigenvalue weighted by atomic mass is 10.1. The van der Waals surface area contributed by atoms with Crippen molar-refractivity contribution >= 4 is 18.2 Å². The maximum atomic E-state index is 12.2. The van der Waals surface area contributed by atoms with Crippen molar-refractivity contribution in [1.29, 1.82) is 0 Å². The van der Waals surface area contributed by atoms with E-state index in [2.05, 4.69) is 33.6 Å². The molecule has 1 aliphatic carbocycles. The van der Waals surface area contributed by atoms with Crippen LogP contribution in [0, 0.1) is 0 Å². The van der Waals surface area contributed by atoms with Gasteiger partial charge in [-0.2, -0.15) is 5.10 Å². The van der Waals surface area contributed by atoms with Gasteiger partial charge in [-0.25, -0.2) is 5.43 Å². The van der Waals surface area contributed by atoms with Gasteiger partial charge in [-0.1, -0.05) is 36.4 Å². The number of rotatable bonds is 6. The molecule has 1 amide bonds. The Hall–Kier alpha value is -3.45. The van der Waals surface area contributed by atoms with E-state index in [9.17, 15) is 9.59 Å². The lowest BCUT2D eigenvalue weighted by Crippen LogP contribution is -2.36. The zero-order valence-corrected chi connectivity index (χ0v) is 17.4. The first-order chi connectivity index (χ1) is 15.2. The topological polar surface area (TPSA) is 75.9 Å². The number of aromatic nitrogens is 1. The third kappa shape index (κ3) is 5.38. The number of amides is 1. The van der Waals surface area contributed by atoms with E-state index in [1.807, 2.05) is 18.2 Å². The van der Waals surface area contributed by atoms with Gasteiger partial charge in [0.1, 0.15) is 6.54 Å². The Balaban J connectivity index is 1.51. The second-order valence-corrected chi connectivity index (χ2v) is 7.51. The molecule has 2 heterocycles. The van der Waals surface area contributed by atoms with Gasteiger partial charge in [0, 0.05) is 31.0 Å². The monoisotopic (exact) mass is 418 g/mol. The van der Waals surface area contributed by atoms with Crippen molar-refractivity contribution in [2.24, 2.45) is 5.10 Å². The number of hydrogen-bond donors (Lipinski definition) is 1. The minimum atomic E-state index is -0.337. The fourth-order valence-electron chi connectivity index (χ4n) is 3.89. The van der Waals surface area contributed by atoms with Crippen molar-refractivity contribution in [3.63, 3.8) is 0 Å². The van der Waals surface area contributed by atoms with Crippen LogP contribution in [0.4, 0.5) is 0 Å². The van der Waals surface area contributed by atoms with Crippen LogP contribution in [0.3, 0.4) is 0 Å². The number of nitrogens with zero attached hydrogens (tertiary/aromatic N) is 3. The molecule has 4 rings (SSSR count). The number of hydrogen-bond acceptors (Lipinski definition) is 5. The maximum Gasteiger partial charge on any atom is 0.260 e. The highest BCUT2D eigenvalue weighted by Gasteiger charge is 2.25. The molecule has 0 bridgehead atoms. The van der Waals surface area contributed by atoms with Gasteiger partial charge in [0.25, 0.3) is 11.5 Å². The number of carbonyl (C=O) groups excluding carboxylic acids is 1. The Labute approximate surface area is 181 Å². The molecule has 2 aliphatic rings. The fraction of sp³-hybridized carbons (Fsp3) is 0.292. The first-order valence-corrected chi connectivity index (χ1v) is 10.5. The van der Waals surface area contributed by atoms with E-state index in [4.69, 9.17) is 4.74 Å². The van der Waals surface area contributed by atoms with Crippen LogP contribution in [-0.4, -0.2) is 47.9 Å². The molecule has 7 heteroatoms. The molecule has 0 radical (unpaired) electrons. The lowest BCUT2D eigenvalue weighted by Gasteiger charge is -2.31. The molecule has 0 saturated carbocycles. The molecule has 160 valence electrons. The first kappa shape index (κ1) is 20.8. The Morgan fingerprint density at radius 2 is 1.84 bits per heavy atom. The summed E-state index contributed by atoms with van der Waals surface area (Å²) >= 11 is 0. The van der Waals surface area contributed by atoms with Gasteiger partial charge in [-0.05, 0) is 41.7 Å². The highest BCUT2D eigenvalue weighted by atomic mass is 16.5. The molecule has 31 heavy (non-hydrogen) atoms. The summed E-state index contributed by atoms with van der Waals surface area (Å²) in [5.41, 5.74) is 7.06. The number of ether oxygens (including phenoxy) is 1. The lowest BCUT2D eigenvalue weighted by molar-refractivity contribution is -0.121. The number of allylic oxidation sites excluding steroid dienone is 2. The minimum absolute atomic E-state index is 0.0639. The highest BCUT2D eigenvalue weighted by Crippen LogP contribution is 2.34. The van der Waals surface area contributed by atoms with E-state index >= 15 is 0 Å². The Morgan fingerprint density at radius 1 is 1.06 bits per heavy atom. The fourth-order valence-corrected chi connectivity index (χ4v) is 3.89. The van der Waals surface area contributed by atoms with E-state index in [1.54, 1.807) is 24.5 Å². The van der Waals surface area contributed by atoms with Gasteiger partial charge in [0.15, 0.2) is 0 Å². The third-order valence-corrected chi connectivity index (χ3v) is 5.36. The normalized spacial score (nSPS) is 18.2. The van der Waals surface area contributed by atoms with Crippen LogP contribution in [-0.2, 0) is 16.1 Å². The summed E-state index contributed by atoms with van der Waals surface area (Å²) in [7, 11) is 0. The average Bonchev–Trinajstić information content (AvgIpc) is 3.19. The van der Waals surface area contributed by atoms with Gasteiger partial charge in [0.2, 0.25) is 0 Å². The molecule has 1 aromatic carbocycles. The second-order valence-electron chi connectivity index (χ2n) is 7.51. The molecule has 7 nitrogen and oxygen atoms in total. The van der Waals surface area contributed by atoms with Crippen LogP contribution < -0.4 is 11.0 Å². The van der Waals surface area contributed by atoms with E-state index in [1.165, 1.54) is 27.5 Å². The molecule has 1 N–H and O–H groups in total. The van der Waals surface area contributed by atoms with Crippen LogP contribution in [0.5, 0.6) is 0 Å². The third-order valence-electron chi connectivity index (χ3n) is 5.36.